The van der Waals surface area contributed by atoms with E-state index >= 15 is 0 Å². The third-order valence-electron chi connectivity index (χ3n) is 9.08. The molecule has 2 aromatic heterocycles. The summed E-state index contributed by atoms with van der Waals surface area (Å²) in [6, 6.07) is 8.96. The standard InChI is InChI=1S/C29H35N5O3/c1-4-29(33-13-15-37-16-14-33)9-11-32(12-10-29)23-17-21-20(18-31-23)25(35)24-19-7-5-6-8-22(19)34(27(30)36)26(24)28(21,2)3/h5-8,17-18H,4,9-16H2,1-3H3,(H2,30,36). The number of carbonyl (C=O) groups is 2. The zero-order chi connectivity index (χ0) is 25.9. The van der Waals surface area contributed by atoms with Crippen LogP contribution in [0, 0.1) is 0 Å². The predicted molar refractivity (Wildman–Crippen MR) is 144 cm³/mol. The van der Waals surface area contributed by atoms with E-state index in [4.69, 9.17) is 15.5 Å². The van der Waals surface area contributed by atoms with Gasteiger partial charge in [-0.1, -0.05) is 39.0 Å². The van der Waals surface area contributed by atoms with E-state index in [0.29, 0.717) is 22.3 Å². The second kappa shape index (κ2) is 8.67. The third-order valence-corrected chi connectivity index (χ3v) is 9.08. The van der Waals surface area contributed by atoms with Crippen LogP contribution in [0.25, 0.3) is 10.9 Å². The highest BCUT2D eigenvalue weighted by Gasteiger charge is 2.44. The van der Waals surface area contributed by atoms with Crippen molar-refractivity contribution in [2.24, 2.45) is 5.73 Å². The second-order valence-corrected chi connectivity index (χ2v) is 11.1. The molecule has 37 heavy (non-hydrogen) atoms. The molecule has 3 aliphatic rings. The number of carbonyl (C=O) groups excluding carboxylic acids is 2. The minimum Gasteiger partial charge on any atom is -0.379 e. The van der Waals surface area contributed by atoms with Gasteiger partial charge in [-0.25, -0.2) is 9.78 Å². The maximum atomic E-state index is 13.8. The summed E-state index contributed by atoms with van der Waals surface area (Å²) < 4.78 is 7.12. The van der Waals surface area contributed by atoms with Crippen LogP contribution >= 0.6 is 0 Å². The van der Waals surface area contributed by atoms with E-state index in [0.717, 1.165) is 75.4 Å². The molecule has 0 bridgehead atoms. The van der Waals surface area contributed by atoms with Crippen molar-refractivity contribution in [2.45, 2.75) is 51.0 Å². The fraction of sp³-hybridized carbons (Fsp3) is 0.483. The van der Waals surface area contributed by atoms with E-state index in [1.165, 1.54) is 4.57 Å². The quantitative estimate of drug-likeness (QED) is 0.585. The topological polar surface area (TPSA) is 93.7 Å². The Bertz CT molecular complexity index is 1390. The molecular formula is C29H35N5O3. The summed E-state index contributed by atoms with van der Waals surface area (Å²) in [6.07, 6.45) is 5.01. The summed E-state index contributed by atoms with van der Waals surface area (Å²) in [6.45, 7) is 11.9. The monoisotopic (exact) mass is 501 g/mol. The van der Waals surface area contributed by atoms with Gasteiger partial charge in [0, 0.05) is 60.0 Å². The number of ketones is 1. The van der Waals surface area contributed by atoms with Crippen molar-refractivity contribution in [3.05, 3.63) is 58.9 Å². The average molecular weight is 502 g/mol. The van der Waals surface area contributed by atoms with Crippen LogP contribution < -0.4 is 10.6 Å². The number of hydrogen-bond donors (Lipinski definition) is 1. The van der Waals surface area contributed by atoms with E-state index in [1.807, 2.05) is 24.3 Å². The molecule has 2 aliphatic heterocycles. The highest BCUT2D eigenvalue weighted by molar-refractivity contribution is 6.21. The van der Waals surface area contributed by atoms with Crippen LogP contribution in [-0.2, 0) is 10.2 Å². The molecule has 8 nitrogen and oxygen atoms in total. The zero-order valence-electron chi connectivity index (χ0n) is 21.9. The molecule has 2 saturated heterocycles. The maximum absolute atomic E-state index is 13.8. The SMILES string of the molecule is CCC1(N2CCOCC2)CCN(c2cc3c(cn2)C(=O)c2c(n(C(N)=O)c4ccccc24)C3(C)C)CC1. The number of primary amides is 1. The highest BCUT2D eigenvalue weighted by atomic mass is 16.5. The van der Waals surface area contributed by atoms with Crippen LogP contribution in [0.4, 0.5) is 10.6 Å². The van der Waals surface area contributed by atoms with Gasteiger partial charge in [-0.2, -0.15) is 0 Å². The third kappa shape index (κ3) is 3.53. The number of para-hydroxylation sites is 1. The molecule has 2 fully saturated rings. The minimum absolute atomic E-state index is 0.101. The normalized spacial score (nSPS) is 21.1. The lowest BCUT2D eigenvalue weighted by Crippen LogP contribution is -2.58. The van der Waals surface area contributed by atoms with Crippen LogP contribution in [0.15, 0.2) is 36.5 Å². The Morgan fingerprint density at radius 3 is 2.49 bits per heavy atom. The van der Waals surface area contributed by atoms with Gasteiger partial charge in [0.05, 0.1) is 24.3 Å². The number of morpholine rings is 1. The molecule has 0 unspecified atom stereocenters. The Morgan fingerprint density at radius 1 is 1.11 bits per heavy atom. The summed E-state index contributed by atoms with van der Waals surface area (Å²) in [5, 5.41) is 0.749. The van der Waals surface area contributed by atoms with Crippen molar-refractivity contribution in [2.75, 3.05) is 44.3 Å². The van der Waals surface area contributed by atoms with Crippen molar-refractivity contribution in [1.29, 1.82) is 0 Å². The molecule has 0 saturated carbocycles. The number of nitrogens with two attached hydrogens (primary N) is 1. The lowest BCUT2D eigenvalue weighted by atomic mass is 9.71. The van der Waals surface area contributed by atoms with Gasteiger partial charge in [-0.3, -0.25) is 14.3 Å². The first-order chi connectivity index (χ1) is 17.8. The number of nitrogens with zero attached hydrogens (tertiary/aromatic N) is 4. The Kier molecular flexibility index (Phi) is 5.65. The van der Waals surface area contributed by atoms with Crippen molar-refractivity contribution < 1.29 is 14.3 Å². The Morgan fingerprint density at radius 2 is 1.81 bits per heavy atom. The number of rotatable bonds is 3. The first-order valence-electron chi connectivity index (χ1n) is 13.4. The molecule has 0 atom stereocenters. The number of ether oxygens (including phenoxy) is 1. The summed E-state index contributed by atoms with van der Waals surface area (Å²) in [4.78, 5) is 36.2. The lowest BCUT2D eigenvalue weighted by Gasteiger charge is -2.50. The Labute approximate surface area is 217 Å². The number of amides is 1. The first-order valence-corrected chi connectivity index (χ1v) is 13.4. The Hall–Kier alpha value is -3.23. The minimum atomic E-state index is -0.610. The first kappa shape index (κ1) is 24.1. The van der Waals surface area contributed by atoms with Crippen molar-refractivity contribution >= 4 is 28.5 Å². The van der Waals surface area contributed by atoms with Gasteiger partial charge >= 0.3 is 6.03 Å². The molecule has 2 N–H and O–H groups in total. The second-order valence-electron chi connectivity index (χ2n) is 11.1. The van der Waals surface area contributed by atoms with E-state index < -0.39 is 11.4 Å². The van der Waals surface area contributed by atoms with Crippen LogP contribution in [0.1, 0.15) is 67.2 Å². The van der Waals surface area contributed by atoms with Crippen LogP contribution in [0.5, 0.6) is 0 Å². The zero-order valence-corrected chi connectivity index (χ0v) is 21.9. The van der Waals surface area contributed by atoms with E-state index in [9.17, 15) is 9.59 Å². The molecular weight excluding hydrogens is 466 g/mol. The maximum Gasteiger partial charge on any atom is 0.323 e. The highest BCUT2D eigenvalue weighted by Crippen LogP contribution is 2.46. The predicted octanol–water partition coefficient (Wildman–Crippen LogP) is 3.91. The van der Waals surface area contributed by atoms with Crippen molar-refractivity contribution in [3.8, 4) is 0 Å². The van der Waals surface area contributed by atoms with Gasteiger partial charge in [-0.15, -0.1) is 0 Å². The van der Waals surface area contributed by atoms with E-state index in [1.54, 1.807) is 6.20 Å². The van der Waals surface area contributed by atoms with Gasteiger partial charge in [0.2, 0.25) is 0 Å². The molecule has 6 rings (SSSR count). The van der Waals surface area contributed by atoms with Crippen molar-refractivity contribution in [3.63, 3.8) is 0 Å². The van der Waals surface area contributed by atoms with Gasteiger partial charge < -0.3 is 15.4 Å². The van der Waals surface area contributed by atoms with Gasteiger partial charge in [0.15, 0.2) is 5.78 Å². The summed E-state index contributed by atoms with van der Waals surface area (Å²) in [5.74, 6) is 0.784. The van der Waals surface area contributed by atoms with E-state index in [-0.39, 0.29) is 11.3 Å². The van der Waals surface area contributed by atoms with Crippen molar-refractivity contribution in [1.82, 2.24) is 14.5 Å². The van der Waals surface area contributed by atoms with Crippen LogP contribution in [-0.4, -0.2) is 71.2 Å². The fourth-order valence-corrected chi connectivity index (χ4v) is 6.95. The van der Waals surface area contributed by atoms with Gasteiger partial charge in [0.25, 0.3) is 0 Å². The molecule has 4 heterocycles. The number of benzene rings is 1. The van der Waals surface area contributed by atoms with Crippen LogP contribution in [0.3, 0.4) is 0 Å². The fourth-order valence-electron chi connectivity index (χ4n) is 6.95. The molecule has 1 amide bonds. The molecule has 1 aromatic carbocycles. The van der Waals surface area contributed by atoms with Crippen LogP contribution in [0.2, 0.25) is 0 Å². The number of hydrogen-bond acceptors (Lipinski definition) is 6. The number of pyridine rings is 1. The summed E-state index contributed by atoms with van der Waals surface area (Å²) in [7, 11) is 0. The summed E-state index contributed by atoms with van der Waals surface area (Å²) >= 11 is 0. The molecule has 0 spiro atoms. The van der Waals surface area contributed by atoms with E-state index in [2.05, 4.69) is 36.6 Å². The summed E-state index contributed by atoms with van der Waals surface area (Å²) in [5.41, 5.74) is 8.83. The number of aromatic nitrogens is 2. The molecule has 1 aliphatic carbocycles. The lowest BCUT2D eigenvalue weighted by molar-refractivity contribution is -0.0341. The Balaban J connectivity index is 1.37. The van der Waals surface area contributed by atoms with Gasteiger partial charge in [0.1, 0.15) is 5.82 Å². The smallest absolute Gasteiger partial charge is 0.323 e. The van der Waals surface area contributed by atoms with Gasteiger partial charge in [-0.05, 0) is 37.0 Å². The molecule has 8 heteroatoms. The molecule has 194 valence electrons. The average Bonchev–Trinajstić information content (AvgIpc) is 3.29. The largest absolute Gasteiger partial charge is 0.379 e. The number of piperidine rings is 1. The number of fused-ring (bicyclic) bond motifs is 4. The number of anilines is 1. The molecule has 0 radical (unpaired) electrons. The molecule has 3 aromatic rings.